The van der Waals surface area contributed by atoms with E-state index in [9.17, 15) is 23.5 Å². The Morgan fingerprint density at radius 1 is 1.33 bits per heavy atom. The summed E-state index contributed by atoms with van der Waals surface area (Å²) in [6.07, 6.45) is 0. The van der Waals surface area contributed by atoms with Crippen molar-refractivity contribution in [1.82, 2.24) is 4.90 Å². The summed E-state index contributed by atoms with van der Waals surface area (Å²) in [7, 11) is 0. The predicted molar refractivity (Wildman–Crippen MR) is 71.1 cm³/mol. The van der Waals surface area contributed by atoms with Crippen molar-refractivity contribution < 1.29 is 28.2 Å². The van der Waals surface area contributed by atoms with Crippen LogP contribution in [0.2, 0.25) is 0 Å². The minimum absolute atomic E-state index is 0.0765. The molecule has 116 valence electrons. The van der Waals surface area contributed by atoms with E-state index in [0.29, 0.717) is 5.56 Å². The quantitative estimate of drug-likeness (QED) is 0.876. The van der Waals surface area contributed by atoms with Crippen molar-refractivity contribution in [2.24, 2.45) is 0 Å². The molecule has 0 saturated carbocycles. The van der Waals surface area contributed by atoms with Crippen molar-refractivity contribution in [2.75, 3.05) is 6.54 Å². The van der Waals surface area contributed by atoms with Crippen LogP contribution in [-0.2, 0) is 15.1 Å². The summed E-state index contributed by atoms with van der Waals surface area (Å²) in [6, 6.07) is 5.21. The summed E-state index contributed by atoms with van der Waals surface area (Å²) < 4.78 is 28.4. The molecular weight excluding hydrogens is 284 g/mol. The third kappa shape index (κ3) is 3.48. The van der Waals surface area contributed by atoms with Gasteiger partial charge in [-0.2, -0.15) is 8.78 Å². The number of rotatable bonds is 6. The molecule has 1 atom stereocenters. The van der Waals surface area contributed by atoms with Crippen molar-refractivity contribution in [3.05, 3.63) is 29.8 Å². The van der Waals surface area contributed by atoms with Crippen LogP contribution in [-0.4, -0.2) is 35.0 Å². The zero-order valence-electron chi connectivity index (χ0n) is 12.0. The lowest BCUT2D eigenvalue weighted by Crippen LogP contribution is -2.51. The van der Waals surface area contributed by atoms with Gasteiger partial charge in [0.1, 0.15) is 5.75 Å². The van der Waals surface area contributed by atoms with Crippen molar-refractivity contribution in [3.63, 3.8) is 0 Å². The first-order chi connectivity index (χ1) is 9.73. The van der Waals surface area contributed by atoms with Crippen molar-refractivity contribution >= 4 is 11.9 Å². The number of nitrogens with zero attached hydrogens (tertiary/aromatic N) is 1. The van der Waals surface area contributed by atoms with Gasteiger partial charge in [-0.1, -0.05) is 12.1 Å². The molecule has 0 saturated heterocycles. The Morgan fingerprint density at radius 2 is 1.86 bits per heavy atom. The number of carboxylic acids is 1. The van der Waals surface area contributed by atoms with Crippen LogP contribution in [0.15, 0.2) is 24.3 Å². The van der Waals surface area contributed by atoms with Gasteiger partial charge in [-0.15, -0.1) is 0 Å². The number of benzene rings is 1. The highest BCUT2D eigenvalue weighted by Gasteiger charge is 2.42. The van der Waals surface area contributed by atoms with Gasteiger partial charge in [0.15, 0.2) is 5.54 Å². The average Bonchev–Trinajstić information content (AvgIpc) is 2.38. The topological polar surface area (TPSA) is 66.8 Å². The number of hydrogen-bond donors (Lipinski definition) is 1. The van der Waals surface area contributed by atoms with Gasteiger partial charge in [-0.25, -0.2) is 4.79 Å². The number of hydrogen-bond acceptors (Lipinski definition) is 3. The average molecular weight is 301 g/mol. The molecule has 1 aromatic carbocycles. The summed E-state index contributed by atoms with van der Waals surface area (Å²) in [6.45, 7) is 1.58. The third-order valence-electron chi connectivity index (χ3n) is 3.29. The number of carbonyl (C=O) groups is 2. The lowest BCUT2D eigenvalue weighted by Gasteiger charge is -2.37. The predicted octanol–water partition coefficient (Wildman–Crippen LogP) is 2.46. The van der Waals surface area contributed by atoms with Crippen LogP contribution in [0, 0.1) is 0 Å². The van der Waals surface area contributed by atoms with Crippen LogP contribution in [0.1, 0.15) is 26.3 Å². The molecule has 1 aromatic rings. The van der Waals surface area contributed by atoms with Crippen molar-refractivity contribution in [1.29, 1.82) is 0 Å². The second kappa shape index (κ2) is 6.51. The number of carboxylic acid groups (broad SMARTS) is 1. The Labute approximate surface area is 121 Å². The number of halogens is 2. The molecule has 0 heterocycles. The van der Waals surface area contributed by atoms with Crippen LogP contribution in [0.5, 0.6) is 5.75 Å². The van der Waals surface area contributed by atoms with E-state index in [4.69, 9.17) is 0 Å². The lowest BCUT2D eigenvalue weighted by atomic mass is 9.89. The maximum Gasteiger partial charge on any atom is 0.387 e. The highest BCUT2D eigenvalue weighted by Crippen LogP contribution is 2.30. The van der Waals surface area contributed by atoms with Gasteiger partial charge in [-0.05, 0) is 31.5 Å². The normalized spacial score (nSPS) is 13.6. The van der Waals surface area contributed by atoms with E-state index >= 15 is 0 Å². The van der Waals surface area contributed by atoms with Gasteiger partial charge >= 0.3 is 12.6 Å². The number of ether oxygens (including phenoxy) is 1. The monoisotopic (exact) mass is 301 g/mol. The first-order valence-corrected chi connectivity index (χ1v) is 6.30. The smallest absolute Gasteiger partial charge is 0.387 e. The second-order valence-corrected chi connectivity index (χ2v) is 4.54. The fourth-order valence-corrected chi connectivity index (χ4v) is 2.21. The van der Waals surface area contributed by atoms with Gasteiger partial charge in [0, 0.05) is 13.5 Å². The molecule has 1 amide bonds. The summed E-state index contributed by atoms with van der Waals surface area (Å²) in [5, 5.41) is 9.51. The number of aliphatic carboxylic acids is 1. The molecule has 0 fully saturated rings. The molecule has 7 heteroatoms. The Kier molecular flexibility index (Phi) is 5.23. The van der Waals surface area contributed by atoms with E-state index in [0.717, 1.165) is 0 Å². The van der Waals surface area contributed by atoms with E-state index in [1.165, 1.54) is 43.0 Å². The zero-order chi connectivity index (χ0) is 16.2. The first-order valence-electron chi connectivity index (χ1n) is 6.30. The molecule has 5 nitrogen and oxygen atoms in total. The van der Waals surface area contributed by atoms with Crippen LogP contribution in [0.25, 0.3) is 0 Å². The third-order valence-corrected chi connectivity index (χ3v) is 3.29. The SMILES string of the molecule is CCN(C(C)=O)C(C)(C(=O)O)c1ccc(OC(F)F)cc1. The van der Waals surface area contributed by atoms with Gasteiger partial charge in [0.2, 0.25) is 5.91 Å². The molecule has 0 aromatic heterocycles. The van der Waals surface area contributed by atoms with Crippen LogP contribution in [0.4, 0.5) is 8.78 Å². The van der Waals surface area contributed by atoms with E-state index in [-0.39, 0.29) is 12.3 Å². The lowest BCUT2D eigenvalue weighted by molar-refractivity contribution is -0.158. The molecule has 0 aliphatic carbocycles. The summed E-state index contributed by atoms with van der Waals surface area (Å²) >= 11 is 0. The van der Waals surface area contributed by atoms with Gasteiger partial charge in [-0.3, -0.25) is 4.79 Å². The highest BCUT2D eigenvalue weighted by molar-refractivity contribution is 5.87. The maximum absolute atomic E-state index is 12.1. The zero-order valence-corrected chi connectivity index (χ0v) is 12.0. The summed E-state index contributed by atoms with van der Waals surface area (Å²) in [5.41, 5.74) is -1.28. The van der Waals surface area contributed by atoms with Crippen LogP contribution in [0.3, 0.4) is 0 Å². The van der Waals surface area contributed by atoms with Crippen molar-refractivity contribution in [3.8, 4) is 5.75 Å². The Morgan fingerprint density at radius 3 is 2.19 bits per heavy atom. The van der Waals surface area contributed by atoms with E-state index < -0.39 is 24.0 Å². The molecule has 0 bridgehead atoms. The van der Waals surface area contributed by atoms with Crippen LogP contribution >= 0.6 is 0 Å². The number of alkyl halides is 2. The molecule has 0 spiro atoms. The van der Waals surface area contributed by atoms with Crippen LogP contribution < -0.4 is 4.74 Å². The van der Waals surface area contributed by atoms with Gasteiger partial charge in [0.25, 0.3) is 0 Å². The number of carbonyl (C=O) groups excluding carboxylic acids is 1. The van der Waals surface area contributed by atoms with Gasteiger partial charge < -0.3 is 14.7 Å². The first kappa shape index (κ1) is 16.9. The molecule has 1 rings (SSSR count). The summed E-state index contributed by atoms with van der Waals surface area (Å²) in [4.78, 5) is 24.5. The number of amides is 1. The fraction of sp³-hybridized carbons (Fsp3) is 0.429. The standard InChI is InChI=1S/C14H17F2NO4/c1-4-17(9(2)18)14(3,12(19)20)10-5-7-11(8-6-10)21-13(15)16/h5-8,13H,4H2,1-3H3,(H,19,20). The Balaban J connectivity index is 3.22. The Bertz CT molecular complexity index is 518. The molecular formula is C14H17F2NO4. The largest absolute Gasteiger partial charge is 0.479 e. The minimum atomic E-state index is -2.95. The fourth-order valence-electron chi connectivity index (χ4n) is 2.21. The molecule has 1 unspecified atom stereocenters. The molecule has 1 N–H and O–H groups in total. The minimum Gasteiger partial charge on any atom is -0.479 e. The van der Waals surface area contributed by atoms with E-state index in [1.54, 1.807) is 6.92 Å². The van der Waals surface area contributed by atoms with E-state index in [2.05, 4.69) is 4.74 Å². The Hall–Kier alpha value is -2.18. The molecule has 0 aliphatic heterocycles. The molecule has 0 radical (unpaired) electrons. The number of likely N-dealkylation sites (N-methyl/N-ethyl adjacent to an activating group) is 1. The van der Waals surface area contributed by atoms with Gasteiger partial charge in [0.05, 0.1) is 0 Å². The highest BCUT2D eigenvalue weighted by atomic mass is 19.3. The molecule has 21 heavy (non-hydrogen) atoms. The van der Waals surface area contributed by atoms with Crippen molar-refractivity contribution in [2.45, 2.75) is 32.9 Å². The van der Waals surface area contributed by atoms with E-state index in [1.807, 2.05) is 0 Å². The molecule has 0 aliphatic rings. The summed E-state index contributed by atoms with van der Waals surface area (Å²) in [5.74, 6) is -1.68. The second-order valence-electron chi connectivity index (χ2n) is 4.54. The maximum atomic E-state index is 12.1.